The predicted molar refractivity (Wildman–Crippen MR) is 89.4 cm³/mol. The van der Waals surface area contributed by atoms with E-state index in [9.17, 15) is 0 Å². The van der Waals surface area contributed by atoms with Crippen LogP contribution in [-0.4, -0.2) is 6.04 Å². The van der Waals surface area contributed by atoms with E-state index in [1.807, 2.05) is 31.2 Å². The molecule has 0 saturated carbocycles. The molecule has 0 fully saturated rings. The molecule has 0 saturated heterocycles. The van der Waals surface area contributed by atoms with Crippen LogP contribution in [0.1, 0.15) is 30.0 Å². The predicted octanol–water partition coefficient (Wildman–Crippen LogP) is 5.03. The zero-order valence-electron chi connectivity index (χ0n) is 12.8. The van der Waals surface area contributed by atoms with Crippen LogP contribution in [0.5, 0.6) is 11.5 Å². The van der Waals surface area contributed by atoms with E-state index in [2.05, 4.69) is 26.0 Å². The molecule has 2 nitrogen and oxygen atoms in total. The fourth-order valence-corrected chi connectivity index (χ4v) is 2.36. The molecule has 0 amide bonds. The van der Waals surface area contributed by atoms with Crippen LogP contribution in [0.2, 0.25) is 5.02 Å². The van der Waals surface area contributed by atoms with Crippen molar-refractivity contribution < 1.29 is 4.74 Å². The molecule has 0 aliphatic heterocycles. The first-order valence-corrected chi connectivity index (χ1v) is 7.66. The lowest BCUT2D eigenvalue weighted by Gasteiger charge is -2.14. The number of ether oxygens (including phenoxy) is 1. The Hall–Kier alpha value is -1.51. The number of halogens is 1. The number of benzene rings is 2. The molecule has 2 aromatic carbocycles. The molecular weight excluding hydrogens is 282 g/mol. The smallest absolute Gasteiger partial charge is 0.131 e. The van der Waals surface area contributed by atoms with Crippen molar-refractivity contribution in [1.82, 2.24) is 0 Å². The maximum absolute atomic E-state index is 6.03. The van der Waals surface area contributed by atoms with E-state index < -0.39 is 0 Å². The molecule has 2 N–H and O–H groups in total. The van der Waals surface area contributed by atoms with Crippen molar-refractivity contribution >= 4 is 11.6 Å². The average Bonchev–Trinajstić information content (AvgIpc) is 2.45. The Balaban J connectivity index is 2.19. The molecule has 0 spiro atoms. The quantitative estimate of drug-likeness (QED) is 0.841. The number of nitrogens with two attached hydrogens (primary N) is 1. The van der Waals surface area contributed by atoms with E-state index in [-0.39, 0.29) is 6.04 Å². The summed E-state index contributed by atoms with van der Waals surface area (Å²) in [5.41, 5.74) is 9.43. The second kappa shape index (κ2) is 6.97. The zero-order valence-corrected chi connectivity index (χ0v) is 13.6. The summed E-state index contributed by atoms with van der Waals surface area (Å²) in [6, 6.07) is 12.1. The molecule has 112 valence electrons. The second-order valence-corrected chi connectivity index (χ2v) is 5.92. The van der Waals surface area contributed by atoms with Crippen LogP contribution in [0.4, 0.5) is 0 Å². The SMILES string of the molecule is CCC(N)Cc1ccc(Oc2cc(Cl)ccc2C)c(C)c1. The van der Waals surface area contributed by atoms with Crippen LogP contribution >= 0.6 is 11.6 Å². The molecule has 0 bridgehead atoms. The normalized spacial score (nSPS) is 12.2. The highest BCUT2D eigenvalue weighted by Gasteiger charge is 2.08. The summed E-state index contributed by atoms with van der Waals surface area (Å²) in [5, 5.41) is 0.679. The molecular formula is C18H22ClNO. The van der Waals surface area contributed by atoms with Gasteiger partial charge in [-0.15, -0.1) is 0 Å². The van der Waals surface area contributed by atoms with Crippen molar-refractivity contribution in [2.75, 3.05) is 0 Å². The van der Waals surface area contributed by atoms with Crippen molar-refractivity contribution in [2.24, 2.45) is 5.73 Å². The Morgan fingerprint density at radius 1 is 1.05 bits per heavy atom. The third-order valence-corrected chi connectivity index (χ3v) is 3.87. The van der Waals surface area contributed by atoms with Gasteiger partial charge in [-0.25, -0.2) is 0 Å². The maximum atomic E-state index is 6.03. The van der Waals surface area contributed by atoms with Gasteiger partial charge in [0, 0.05) is 11.1 Å². The van der Waals surface area contributed by atoms with E-state index in [1.165, 1.54) is 5.56 Å². The average molecular weight is 304 g/mol. The topological polar surface area (TPSA) is 35.2 Å². The van der Waals surface area contributed by atoms with Gasteiger partial charge in [-0.2, -0.15) is 0 Å². The van der Waals surface area contributed by atoms with Crippen molar-refractivity contribution in [2.45, 2.75) is 39.7 Å². The Bertz CT molecular complexity index is 625. The van der Waals surface area contributed by atoms with Gasteiger partial charge in [0.15, 0.2) is 0 Å². The fourth-order valence-electron chi connectivity index (χ4n) is 2.20. The Morgan fingerprint density at radius 3 is 2.48 bits per heavy atom. The summed E-state index contributed by atoms with van der Waals surface area (Å²) in [5.74, 6) is 1.65. The number of rotatable bonds is 5. The summed E-state index contributed by atoms with van der Waals surface area (Å²) in [6.45, 7) is 6.17. The number of aryl methyl sites for hydroxylation is 2. The van der Waals surface area contributed by atoms with E-state index >= 15 is 0 Å². The second-order valence-electron chi connectivity index (χ2n) is 5.48. The summed E-state index contributed by atoms with van der Waals surface area (Å²) >= 11 is 6.03. The third kappa shape index (κ3) is 4.23. The highest BCUT2D eigenvalue weighted by atomic mass is 35.5. The van der Waals surface area contributed by atoms with Crippen molar-refractivity contribution in [3.8, 4) is 11.5 Å². The summed E-state index contributed by atoms with van der Waals surface area (Å²) < 4.78 is 5.99. The third-order valence-electron chi connectivity index (χ3n) is 3.63. The summed E-state index contributed by atoms with van der Waals surface area (Å²) in [7, 11) is 0. The first-order chi connectivity index (χ1) is 9.99. The molecule has 2 rings (SSSR count). The minimum absolute atomic E-state index is 0.214. The summed E-state index contributed by atoms with van der Waals surface area (Å²) in [4.78, 5) is 0. The number of hydrogen-bond acceptors (Lipinski definition) is 2. The van der Waals surface area contributed by atoms with Gasteiger partial charge in [0.25, 0.3) is 0 Å². The lowest BCUT2D eigenvalue weighted by Crippen LogP contribution is -2.21. The molecule has 2 aromatic rings. The van der Waals surface area contributed by atoms with Crippen molar-refractivity contribution in [1.29, 1.82) is 0 Å². The molecule has 0 heterocycles. The van der Waals surface area contributed by atoms with Gasteiger partial charge < -0.3 is 10.5 Å². The molecule has 1 unspecified atom stereocenters. The van der Waals surface area contributed by atoms with Gasteiger partial charge in [0.2, 0.25) is 0 Å². The van der Waals surface area contributed by atoms with Gasteiger partial charge in [-0.3, -0.25) is 0 Å². The molecule has 0 aromatic heterocycles. The maximum Gasteiger partial charge on any atom is 0.131 e. The Labute approximate surface area is 131 Å². The van der Waals surface area contributed by atoms with Crippen LogP contribution in [0.15, 0.2) is 36.4 Å². The van der Waals surface area contributed by atoms with Crippen LogP contribution in [0.25, 0.3) is 0 Å². The minimum atomic E-state index is 0.214. The molecule has 0 aliphatic rings. The van der Waals surface area contributed by atoms with Gasteiger partial charge >= 0.3 is 0 Å². The Morgan fingerprint density at radius 2 is 1.81 bits per heavy atom. The highest BCUT2D eigenvalue weighted by molar-refractivity contribution is 6.30. The van der Waals surface area contributed by atoms with Crippen molar-refractivity contribution in [3.05, 3.63) is 58.1 Å². The molecule has 3 heteroatoms. The van der Waals surface area contributed by atoms with Crippen LogP contribution in [0.3, 0.4) is 0 Å². The van der Waals surface area contributed by atoms with E-state index in [0.717, 1.165) is 35.5 Å². The van der Waals surface area contributed by atoms with Gasteiger partial charge in [-0.1, -0.05) is 36.7 Å². The monoisotopic (exact) mass is 303 g/mol. The minimum Gasteiger partial charge on any atom is -0.457 e. The molecule has 21 heavy (non-hydrogen) atoms. The molecule has 0 aliphatic carbocycles. The van der Waals surface area contributed by atoms with E-state index in [4.69, 9.17) is 22.1 Å². The standard InChI is InChI=1S/C18H22ClNO/c1-4-16(20)10-14-6-8-17(13(3)9-14)21-18-11-15(19)7-5-12(18)2/h5-9,11,16H,4,10,20H2,1-3H3. The molecule has 1 atom stereocenters. The Kier molecular flexibility index (Phi) is 5.27. The van der Waals surface area contributed by atoms with E-state index in [0.29, 0.717) is 5.02 Å². The summed E-state index contributed by atoms with van der Waals surface area (Å²) in [6.07, 6.45) is 1.88. The largest absolute Gasteiger partial charge is 0.457 e. The van der Waals surface area contributed by atoms with Crippen LogP contribution < -0.4 is 10.5 Å². The first-order valence-electron chi connectivity index (χ1n) is 7.28. The van der Waals surface area contributed by atoms with Crippen molar-refractivity contribution in [3.63, 3.8) is 0 Å². The highest BCUT2D eigenvalue weighted by Crippen LogP contribution is 2.30. The van der Waals surface area contributed by atoms with Crippen LogP contribution in [0, 0.1) is 13.8 Å². The zero-order chi connectivity index (χ0) is 15.4. The number of hydrogen-bond donors (Lipinski definition) is 1. The fraction of sp³-hybridized carbons (Fsp3) is 0.333. The van der Waals surface area contributed by atoms with Gasteiger partial charge in [0.05, 0.1) is 0 Å². The van der Waals surface area contributed by atoms with Crippen LogP contribution in [-0.2, 0) is 6.42 Å². The first kappa shape index (κ1) is 15.9. The van der Waals surface area contributed by atoms with E-state index in [1.54, 1.807) is 0 Å². The lowest BCUT2D eigenvalue weighted by molar-refractivity contribution is 0.475. The van der Waals surface area contributed by atoms with Gasteiger partial charge in [0.1, 0.15) is 11.5 Å². The van der Waals surface area contributed by atoms with Gasteiger partial charge in [-0.05, 0) is 61.6 Å². The lowest BCUT2D eigenvalue weighted by atomic mass is 10.0. The molecule has 0 radical (unpaired) electrons.